The van der Waals surface area contributed by atoms with Gasteiger partial charge in [0, 0.05) is 43.2 Å². The van der Waals surface area contributed by atoms with Crippen LogP contribution in [0.5, 0.6) is 5.75 Å². The number of likely N-dealkylation sites (tertiary alicyclic amines) is 1. The second kappa shape index (κ2) is 11.5. The number of nitrogens with one attached hydrogen (secondary N) is 1. The maximum atomic E-state index is 12.9. The average Bonchev–Trinajstić information content (AvgIpc) is 2.80. The summed E-state index contributed by atoms with van der Waals surface area (Å²) < 4.78 is 5.95. The second-order valence-electron chi connectivity index (χ2n) is 10.1. The van der Waals surface area contributed by atoms with Crippen LogP contribution in [0.4, 0.5) is 5.69 Å². The molecule has 2 aromatic carbocycles. The van der Waals surface area contributed by atoms with Gasteiger partial charge in [-0.2, -0.15) is 0 Å². The smallest absolute Gasteiger partial charge is 0.269 e. The van der Waals surface area contributed by atoms with Gasteiger partial charge in [-0.1, -0.05) is 38.1 Å². The van der Waals surface area contributed by atoms with E-state index in [1.54, 1.807) is 12.1 Å². The van der Waals surface area contributed by atoms with Crippen molar-refractivity contribution in [3.05, 3.63) is 69.3 Å². The Kier molecular flexibility index (Phi) is 8.67. The number of non-ortho nitro benzene ring substituents is 1. The third-order valence-electron chi connectivity index (χ3n) is 6.64. The van der Waals surface area contributed by atoms with Crippen LogP contribution in [0, 0.1) is 29.4 Å². The van der Waals surface area contributed by atoms with Gasteiger partial charge in [-0.3, -0.25) is 19.8 Å². The molecule has 1 amide bonds. The molecule has 184 valence electrons. The fourth-order valence-corrected chi connectivity index (χ4v) is 4.27. The summed E-state index contributed by atoms with van der Waals surface area (Å²) in [6, 6.07) is 13.1. The minimum atomic E-state index is -0.444. The number of rotatable bonds is 10. The molecule has 2 aromatic rings. The monoisotopic (exact) mass is 467 g/mol. The Morgan fingerprint density at radius 2 is 1.82 bits per heavy atom. The first-order valence-corrected chi connectivity index (χ1v) is 12.1. The van der Waals surface area contributed by atoms with E-state index in [0.29, 0.717) is 6.61 Å². The molecule has 0 bridgehead atoms. The Labute approximate surface area is 202 Å². The van der Waals surface area contributed by atoms with Gasteiger partial charge in [0.05, 0.1) is 11.5 Å². The van der Waals surface area contributed by atoms with Crippen molar-refractivity contribution in [1.82, 2.24) is 10.2 Å². The number of hydrogen-bond donors (Lipinski definition) is 1. The number of carbonyl (C=O) groups excluding carboxylic acids is 1. The fourth-order valence-electron chi connectivity index (χ4n) is 4.27. The summed E-state index contributed by atoms with van der Waals surface area (Å²) in [4.78, 5) is 25.7. The highest BCUT2D eigenvalue weighted by molar-refractivity contribution is 5.82. The quantitative estimate of drug-likeness (QED) is 0.296. The number of ether oxygens (including phenoxy) is 1. The van der Waals surface area contributed by atoms with Crippen molar-refractivity contribution in [3.8, 4) is 5.75 Å². The van der Waals surface area contributed by atoms with Crippen LogP contribution in [0.1, 0.15) is 56.2 Å². The molecule has 3 rings (SSSR count). The molecule has 0 spiro atoms. The summed E-state index contributed by atoms with van der Waals surface area (Å²) in [6.45, 7) is 11.3. The third kappa shape index (κ3) is 7.29. The van der Waals surface area contributed by atoms with Crippen molar-refractivity contribution in [1.29, 1.82) is 0 Å². The van der Waals surface area contributed by atoms with E-state index >= 15 is 0 Å². The lowest BCUT2D eigenvalue weighted by atomic mass is 9.86. The molecule has 1 saturated heterocycles. The number of nitro groups is 1. The van der Waals surface area contributed by atoms with E-state index in [1.807, 2.05) is 32.9 Å². The first kappa shape index (κ1) is 25.7. The molecule has 0 radical (unpaired) electrons. The highest BCUT2D eigenvalue weighted by Crippen LogP contribution is 2.25. The number of carbonyl (C=O) groups is 1. The average molecular weight is 468 g/mol. The van der Waals surface area contributed by atoms with Gasteiger partial charge >= 0.3 is 0 Å². The zero-order chi connectivity index (χ0) is 24.7. The topological polar surface area (TPSA) is 84.7 Å². The number of piperidine rings is 1. The van der Waals surface area contributed by atoms with Crippen LogP contribution in [0.2, 0.25) is 0 Å². The summed E-state index contributed by atoms with van der Waals surface area (Å²) in [5, 5.41) is 14.1. The van der Waals surface area contributed by atoms with Gasteiger partial charge in [0.2, 0.25) is 5.91 Å². The maximum Gasteiger partial charge on any atom is 0.269 e. The molecule has 34 heavy (non-hydrogen) atoms. The predicted octanol–water partition coefficient (Wildman–Crippen LogP) is 5.18. The van der Waals surface area contributed by atoms with Crippen molar-refractivity contribution in [2.45, 2.75) is 66.0 Å². The Hall–Kier alpha value is -2.93. The van der Waals surface area contributed by atoms with Crippen molar-refractivity contribution in [2.24, 2.45) is 5.41 Å². The van der Waals surface area contributed by atoms with Gasteiger partial charge in [-0.15, -0.1) is 0 Å². The number of nitrogens with zero attached hydrogens (tertiary/aromatic N) is 2. The van der Waals surface area contributed by atoms with E-state index in [4.69, 9.17) is 4.74 Å². The zero-order valence-corrected chi connectivity index (χ0v) is 20.8. The van der Waals surface area contributed by atoms with Crippen LogP contribution in [0.25, 0.3) is 0 Å². The number of hydrogen-bond acceptors (Lipinski definition) is 5. The molecule has 0 aromatic heterocycles. The molecule has 1 heterocycles. The second-order valence-corrected chi connectivity index (χ2v) is 10.1. The minimum Gasteiger partial charge on any atom is -0.493 e. The van der Waals surface area contributed by atoms with Gasteiger partial charge in [-0.25, -0.2) is 0 Å². The molecule has 0 aliphatic carbocycles. The predicted molar refractivity (Wildman–Crippen MR) is 134 cm³/mol. The summed E-state index contributed by atoms with van der Waals surface area (Å²) >= 11 is 0. The molecule has 0 saturated carbocycles. The van der Waals surface area contributed by atoms with Crippen LogP contribution in [0.3, 0.4) is 0 Å². The lowest BCUT2D eigenvalue weighted by molar-refractivity contribution is -0.384. The molecule has 1 fully saturated rings. The molecule has 7 heteroatoms. The SMILES string of the molecule is Cc1ccc(C)c(OCCCC(C)(C)C(=O)NC2CCN(Cc3ccc([N+](=O)[O-])cc3)CC2)c1. The van der Waals surface area contributed by atoms with Crippen molar-refractivity contribution in [2.75, 3.05) is 19.7 Å². The molecule has 1 aliphatic rings. The van der Waals surface area contributed by atoms with Crippen LogP contribution >= 0.6 is 0 Å². The van der Waals surface area contributed by atoms with E-state index in [2.05, 4.69) is 35.3 Å². The highest BCUT2D eigenvalue weighted by Gasteiger charge is 2.30. The molecular formula is C27H37N3O4. The van der Waals surface area contributed by atoms with Gasteiger partial charge < -0.3 is 10.1 Å². The highest BCUT2D eigenvalue weighted by atomic mass is 16.6. The van der Waals surface area contributed by atoms with Crippen LogP contribution in [-0.2, 0) is 11.3 Å². The zero-order valence-electron chi connectivity index (χ0n) is 20.8. The number of nitro benzene ring substituents is 1. The van der Waals surface area contributed by atoms with Gasteiger partial charge in [0.1, 0.15) is 5.75 Å². The summed E-state index contributed by atoms with van der Waals surface area (Å²) in [5.41, 5.74) is 3.05. The van der Waals surface area contributed by atoms with E-state index in [0.717, 1.165) is 62.2 Å². The van der Waals surface area contributed by atoms with Crippen molar-refractivity contribution >= 4 is 11.6 Å². The Morgan fingerprint density at radius 1 is 1.15 bits per heavy atom. The first-order chi connectivity index (χ1) is 16.1. The summed E-state index contributed by atoms with van der Waals surface area (Å²) in [7, 11) is 0. The fraction of sp³-hybridized carbons (Fsp3) is 0.519. The Balaban J connectivity index is 1.38. The van der Waals surface area contributed by atoms with Crippen molar-refractivity contribution in [3.63, 3.8) is 0 Å². The van der Waals surface area contributed by atoms with E-state index < -0.39 is 5.41 Å². The van der Waals surface area contributed by atoms with Gasteiger partial charge in [0.15, 0.2) is 0 Å². The van der Waals surface area contributed by atoms with Crippen LogP contribution in [0.15, 0.2) is 42.5 Å². The van der Waals surface area contributed by atoms with Gasteiger partial charge in [0.25, 0.3) is 5.69 Å². The first-order valence-electron chi connectivity index (χ1n) is 12.1. The molecule has 1 aliphatic heterocycles. The largest absolute Gasteiger partial charge is 0.493 e. The van der Waals surface area contributed by atoms with E-state index in [1.165, 1.54) is 5.56 Å². The van der Waals surface area contributed by atoms with Crippen LogP contribution < -0.4 is 10.1 Å². The standard InChI is InChI=1S/C27H37N3O4/c1-20-6-7-21(2)25(18-20)34-17-5-14-27(3,4)26(31)28-23-12-15-29(16-13-23)19-22-8-10-24(11-9-22)30(32)33/h6-11,18,23H,5,12-17,19H2,1-4H3,(H,28,31). The molecule has 1 N–H and O–H groups in total. The molecule has 0 atom stereocenters. The lowest BCUT2D eigenvalue weighted by Gasteiger charge is -2.34. The summed E-state index contributed by atoms with van der Waals surface area (Å²) in [6.07, 6.45) is 3.40. The van der Waals surface area contributed by atoms with Crippen LogP contribution in [-0.4, -0.2) is 41.5 Å². The molecule has 0 unspecified atom stereocenters. The van der Waals surface area contributed by atoms with E-state index in [9.17, 15) is 14.9 Å². The number of aryl methyl sites for hydroxylation is 2. The molecular weight excluding hydrogens is 430 g/mol. The summed E-state index contributed by atoms with van der Waals surface area (Å²) in [5.74, 6) is 1.02. The maximum absolute atomic E-state index is 12.9. The number of amides is 1. The minimum absolute atomic E-state index is 0.105. The molecule has 7 nitrogen and oxygen atoms in total. The van der Waals surface area contributed by atoms with Gasteiger partial charge in [-0.05, 0) is 62.3 Å². The normalized spacial score (nSPS) is 15.2. The lowest BCUT2D eigenvalue weighted by Crippen LogP contribution is -2.48. The van der Waals surface area contributed by atoms with E-state index in [-0.39, 0.29) is 22.6 Å². The number of benzene rings is 2. The Bertz CT molecular complexity index is 980. The Morgan fingerprint density at radius 3 is 2.47 bits per heavy atom. The van der Waals surface area contributed by atoms with Crippen molar-refractivity contribution < 1.29 is 14.5 Å². The third-order valence-corrected chi connectivity index (χ3v) is 6.64.